The van der Waals surface area contributed by atoms with Crippen molar-refractivity contribution in [3.05, 3.63) is 0 Å². The highest BCUT2D eigenvalue weighted by Crippen LogP contribution is 2.42. The minimum atomic E-state index is 0.182. The molecule has 0 spiro atoms. The minimum Gasteiger partial charge on any atom is -0.298 e. The number of carbonyl (C=O) groups excluding carboxylic acids is 1. The second kappa shape index (κ2) is 5.09. The molecule has 3 atom stereocenters. The molecule has 2 nitrogen and oxygen atoms in total. The standard InChI is InChI=1S/C15H27NO/c1-10(2)15(17)14-13-8-6-5-7-12(13)9-16(14)11(3)4/h10-14H,5-9H2,1-4H3. The quantitative estimate of drug-likeness (QED) is 0.751. The molecule has 3 unspecified atom stereocenters. The number of hydrogen-bond donors (Lipinski definition) is 0. The predicted octanol–water partition coefficient (Wildman–Crippen LogP) is 3.11. The summed E-state index contributed by atoms with van der Waals surface area (Å²) in [6.45, 7) is 9.73. The van der Waals surface area contributed by atoms with Gasteiger partial charge in [-0.2, -0.15) is 0 Å². The van der Waals surface area contributed by atoms with E-state index in [0.717, 1.165) is 12.5 Å². The second-order valence-corrected chi connectivity index (χ2v) is 6.50. The first kappa shape index (κ1) is 13.1. The van der Waals surface area contributed by atoms with Gasteiger partial charge in [0.25, 0.3) is 0 Å². The molecule has 1 heterocycles. The normalized spacial score (nSPS) is 34.4. The van der Waals surface area contributed by atoms with Gasteiger partial charge in [0.15, 0.2) is 5.78 Å². The minimum absolute atomic E-state index is 0.182. The summed E-state index contributed by atoms with van der Waals surface area (Å²) in [6.07, 6.45) is 5.32. The van der Waals surface area contributed by atoms with Crippen molar-refractivity contribution in [3.63, 3.8) is 0 Å². The summed E-state index contributed by atoms with van der Waals surface area (Å²) in [5.41, 5.74) is 0. The summed E-state index contributed by atoms with van der Waals surface area (Å²) in [5, 5.41) is 0. The Hall–Kier alpha value is -0.370. The van der Waals surface area contributed by atoms with Crippen LogP contribution in [-0.2, 0) is 4.79 Å². The number of ketones is 1. The van der Waals surface area contributed by atoms with Crippen LogP contribution in [0.5, 0.6) is 0 Å². The van der Waals surface area contributed by atoms with Crippen molar-refractivity contribution in [3.8, 4) is 0 Å². The molecule has 2 heteroatoms. The zero-order valence-electron chi connectivity index (χ0n) is 11.8. The molecule has 1 saturated heterocycles. The highest BCUT2D eigenvalue weighted by molar-refractivity contribution is 5.86. The molecule has 2 fully saturated rings. The lowest BCUT2D eigenvalue weighted by Crippen LogP contribution is -2.45. The van der Waals surface area contributed by atoms with Crippen LogP contribution in [0.3, 0.4) is 0 Å². The Morgan fingerprint density at radius 1 is 1.12 bits per heavy atom. The Morgan fingerprint density at radius 2 is 1.76 bits per heavy atom. The van der Waals surface area contributed by atoms with E-state index in [1.165, 1.54) is 25.7 Å². The molecule has 0 radical (unpaired) electrons. The third kappa shape index (κ3) is 2.42. The van der Waals surface area contributed by atoms with Gasteiger partial charge in [0.2, 0.25) is 0 Å². The first-order valence-electron chi connectivity index (χ1n) is 7.31. The average Bonchev–Trinajstić information content (AvgIpc) is 2.67. The smallest absolute Gasteiger partial charge is 0.152 e. The fourth-order valence-corrected chi connectivity index (χ4v) is 3.76. The van der Waals surface area contributed by atoms with E-state index in [0.29, 0.717) is 17.7 Å². The Morgan fingerprint density at radius 3 is 2.35 bits per heavy atom. The fraction of sp³-hybridized carbons (Fsp3) is 0.933. The van der Waals surface area contributed by atoms with Crippen molar-refractivity contribution in [2.24, 2.45) is 17.8 Å². The number of hydrogen-bond acceptors (Lipinski definition) is 2. The zero-order chi connectivity index (χ0) is 12.6. The van der Waals surface area contributed by atoms with Crippen LogP contribution in [-0.4, -0.2) is 29.3 Å². The Labute approximate surface area is 106 Å². The number of Topliss-reactive ketones (excluding diaryl/α,β-unsaturated/α-hetero) is 1. The Kier molecular flexibility index (Phi) is 3.92. The van der Waals surface area contributed by atoms with Gasteiger partial charge in [-0.3, -0.25) is 9.69 Å². The number of rotatable bonds is 3. The van der Waals surface area contributed by atoms with E-state index in [1.807, 2.05) is 0 Å². The molecule has 0 bridgehead atoms. The molecule has 2 aliphatic rings. The van der Waals surface area contributed by atoms with E-state index in [9.17, 15) is 4.79 Å². The molecular formula is C15H27NO. The second-order valence-electron chi connectivity index (χ2n) is 6.50. The maximum atomic E-state index is 12.5. The fourth-order valence-electron chi connectivity index (χ4n) is 3.76. The van der Waals surface area contributed by atoms with Gasteiger partial charge in [-0.15, -0.1) is 0 Å². The average molecular weight is 237 g/mol. The molecule has 0 aromatic heterocycles. The summed E-state index contributed by atoms with van der Waals surface area (Å²) in [5.74, 6) is 2.11. The molecule has 0 aromatic carbocycles. The van der Waals surface area contributed by atoms with Crippen LogP contribution in [0.2, 0.25) is 0 Å². The van der Waals surface area contributed by atoms with Crippen molar-refractivity contribution < 1.29 is 4.79 Å². The van der Waals surface area contributed by atoms with Gasteiger partial charge < -0.3 is 0 Å². The van der Waals surface area contributed by atoms with E-state index in [4.69, 9.17) is 0 Å². The molecule has 1 saturated carbocycles. The molecule has 0 amide bonds. The van der Waals surface area contributed by atoms with Crippen LogP contribution in [0, 0.1) is 17.8 Å². The van der Waals surface area contributed by atoms with E-state index in [-0.39, 0.29) is 12.0 Å². The maximum absolute atomic E-state index is 12.5. The van der Waals surface area contributed by atoms with Crippen LogP contribution in [0.25, 0.3) is 0 Å². The molecule has 98 valence electrons. The molecule has 0 N–H and O–H groups in total. The van der Waals surface area contributed by atoms with Crippen LogP contribution < -0.4 is 0 Å². The summed E-state index contributed by atoms with van der Waals surface area (Å²) in [7, 11) is 0. The van der Waals surface area contributed by atoms with E-state index >= 15 is 0 Å². The Bertz CT molecular complexity index is 283. The monoisotopic (exact) mass is 237 g/mol. The number of carbonyl (C=O) groups is 1. The summed E-state index contributed by atoms with van der Waals surface area (Å²) >= 11 is 0. The molecular weight excluding hydrogens is 210 g/mol. The van der Waals surface area contributed by atoms with Crippen LogP contribution >= 0.6 is 0 Å². The summed E-state index contributed by atoms with van der Waals surface area (Å²) < 4.78 is 0. The molecule has 17 heavy (non-hydrogen) atoms. The lowest BCUT2D eigenvalue weighted by molar-refractivity contribution is -0.128. The number of fused-ring (bicyclic) bond motifs is 1. The van der Waals surface area contributed by atoms with Crippen molar-refractivity contribution in [1.29, 1.82) is 0 Å². The molecule has 2 rings (SSSR count). The SMILES string of the molecule is CC(C)C(=O)C1C2CCCCC2CN1C(C)C. The third-order valence-corrected chi connectivity index (χ3v) is 4.70. The highest BCUT2D eigenvalue weighted by Gasteiger charge is 2.46. The highest BCUT2D eigenvalue weighted by atomic mass is 16.1. The topological polar surface area (TPSA) is 20.3 Å². The summed E-state index contributed by atoms with van der Waals surface area (Å²) in [4.78, 5) is 14.9. The van der Waals surface area contributed by atoms with Crippen LogP contribution in [0.15, 0.2) is 0 Å². The maximum Gasteiger partial charge on any atom is 0.152 e. The van der Waals surface area contributed by atoms with Crippen molar-refractivity contribution in [2.75, 3.05) is 6.54 Å². The molecule has 1 aliphatic carbocycles. The van der Waals surface area contributed by atoms with Crippen molar-refractivity contribution >= 4 is 5.78 Å². The van der Waals surface area contributed by atoms with Gasteiger partial charge in [0.05, 0.1) is 6.04 Å². The van der Waals surface area contributed by atoms with Crippen molar-refractivity contribution in [2.45, 2.75) is 65.5 Å². The van der Waals surface area contributed by atoms with E-state index in [2.05, 4.69) is 32.6 Å². The van der Waals surface area contributed by atoms with E-state index in [1.54, 1.807) is 0 Å². The lowest BCUT2D eigenvalue weighted by atomic mass is 9.76. The largest absolute Gasteiger partial charge is 0.298 e. The molecule has 0 aromatic rings. The van der Waals surface area contributed by atoms with Gasteiger partial charge >= 0.3 is 0 Å². The number of likely N-dealkylation sites (tertiary alicyclic amines) is 1. The van der Waals surface area contributed by atoms with E-state index < -0.39 is 0 Å². The van der Waals surface area contributed by atoms with Gasteiger partial charge in [0.1, 0.15) is 0 Å². The van der Waals surface area contributed by atoms with Crippen LogP contribution in [0.4, 0.5) is 0 Å². The Balaban J connectivity index is 2.20. The van der Waals surface area contributed by atoms with Gasteiger partial charge in [-0.05, 0) is 38.5 Å². The van der Waals surface area contributed by atoms with Crippen LogP contribution in [0.1, 0.15) is 53.4 Å². The first-order valence-corrected chi connectivity index (χ1v) is 7.31. The molecule has 1 aliphatic heterocycles. The van der Waals surface area contributed by atoms with Gasteiger partial charge in [-0.25, -0.2) is 0 Å². The third-order valence-electron chi connectivity index (χ3n) is 4.70. The summed E-state index contributed by atoms with van der Waals surface area (Å²) in [6, 6.07) is 0.730. The lowest BCUT2D eigenvalue weighted by Gasteiger charge is -2.32. The zero-order valence-corrected chi connectivity index (χ0v) is 11.8. The van der Waals surface area contributed by atoms with Gasteiger partial charge in [0, 0.05) is 18.5 Å². The van der Waals surface area contributed by atoms with Crippen molar-refractivity contribution in [1.82, 2.24) is 4.90 Å². The number of nitrogens with zero attached hydrogens (tertiary/aromatic N) is 1. The predicted molar refractivity (Wildman–Crippen MR) is 70.9 cm³/mol. The first-order chi connectivity index (χ1) is 8.02. The van der Waals surface area contributed by atoms with Gasteiger partial charge in [-0.1, -0.05) is 26.7 Å².